The molecule has 0 atom stereocenters. The van der Waals surface area contributed by atoms with Crippen LogP contribution in [0.5, 0.6) is 0 Å². The van der Waals surface area contributed by atoms with Crippen LogP contribution >= 0.6 is 15.9 Å². The van der Waals surface area contributed by atoms with E-state index in [2.05, 4.69) is 20.9 Å². The number of ketones is 1. The molecule has 0 saturated carbocycles. The average molecular weight is 290 g/mol. The van der Waals surface area contributed by atoms with Gasteiger partial charge in [0.05, 0.1) is 0 Å². The lowest BCUT2D eigenvalue weighted by Crippen LogP contribution is -2.07. The summed E-state index contributed by atoms with van der Waals surface area (Å²) in [6.45, 7) is 0. The number of Topliss-reactive ketones (excluding diaryl/α,β-unsaturated/α-hetero) is 1. The van der Waals surface area contributed by atoms with Crippen LogP contribution in [0.4, 0.5) is 0 Å². The number of carbonyl (C=O) groups excluding carboxylic acids is 1. The van der Waals surface area contributed by atoms with Gasteiger partial charge >= 0.3 is 0 Å². The molecule has 0 amide bonds. The molecule has 2 aromatic rings. The van der Waals surface area contributed by atoms with Gasteiger partial charge in [-0.2, -0.15) is 0 Å². The molecule has 0 N–H and O–H groups in total. The van der Waals surface area contributed by atoms with Crippen LogP contribution in [-0.2, 0) is 17.6 Å². The number of benzene rings is 1. The molecule has 0 aliphatic rings. The maximum atomic E-state index is 11.8. The third-order valence-corrected chi connectivity index (χ3v) is 2.95. The van der Waals surface area contributed by atoms with Crippen molar-refractivity contribution in [2.75, 3.05) is 0 Å². The number of rotatable bonds is 4. The Hall–Kier alpha value is -1.48. The Labute approximate surface area is 109 Å². The number of aromatic nitrogens is 1. The first-order valence-electron chi connectivity index (χ1n) is 5.40. The summed E-state index contributed by atoms with van der Waals surface area (Å²) in [5, 5.41) is 0. The molecule has 1 aromatic carbocycles. The van der Waals surface area contributed by atoms with E-state index in [1.165, 1.54) is 0 Å². The summed E-state index contributed by atoms with van der Waals surface area (Å²) < 4.78 is 1.03. The monoisotopic (exact) mass is 289 g/mol. The normalized spacial score (nSPS) is 10.2. The lowest BCUT2D eigenvalue weighted by Gasteiger charge is -2.01. The first-order valence-corrected chi connectivity index (χ1v) is 6.19. The molecule has 0 radical (unpaired) electrons. The SMILES string of the molecule is O=C(Cc1ccc(Br)cc1)Cc1ccccn1. The van der Waals surface area contributed by atoms with E-state index in [9.17, 15) is 4.79 Å². The fourth-order valence-corrected chi connectivity index (χ4v) is 1.86. The molecule has 86 valence electrons. The quantitative estimate of drug-likeness (QED) is 0.865. The fourth-order valence-electron chi connectivity index (χ4n) is 1.60. The highest BCUT2D eigenvalue weighted by molar-refractivity contribution is 9.10. The number of hydrogen-bond donors (Lipinski definition) is 0. The van der Waals surface area contributed by atoms with E-state index < -0.39 is 0 Å². The molecule has 1 aromatic heterocycles. The minimum Gasteiger partial charge on any atom is -0.299 e. The van der Waals surface area contributed by atoms with Gasteiger partial charge in [0, 0.05) is 29.2 Å². The second-order valence-electron chi connectivity index (χ2n) is 3.84. The Kier molecular flexibility index (Phi) is 4.04. The third kappa shape index (κ3) is 3.79. The smallest absolute Gasteiger partial charge is 0.143 e. The first-order chi connectivity index (χ1) is 8.24. The van der Waals surface area contributed by atoms with Crippen LogP contribution in [0.15, 0.2) is 53.1 Å². The second kappa shape index (κ2) is 5.73. The van der Waals surface area contributed by atoms with Crippen LogP contribution < -0.4 is 0 Å². The van der Waals surface area contributed by atoms with Gasteiger partial charge in [0.15, 0.2) is 0 Å². The molecule has 2 nitrogen and oxygen atoms in total. The van der Waals surface area contributed by atoms with Gasteiger partial charge in [0.2, 0.25) is 0 Å². The Morgan fingerprint density at radius 3 is 2.47 bits per heavy atom. The van der Waals surface area contributed by atoms with Crippen LogP contribution in [0.3, 0.4) is 0 Å². The summed E-state index contributed by atoms with van der Waals surface area (Å²) in [4.78, 5) is 16.0. The number of carbonyl (C=O) groups is 1. The van der Waals surface area contributed by atoms with Gasteiger partial charge in [0.1, 0.15) is 5.78 Å². The van der Waals surface area contributed by atoms with Crippen molar-refractivity contribution in [3.05, 3.63) is 64.4 Å². The van der Waals surface area contributed by atoms with Crippen LogP contribution in [0.2, 0.25) is 0 Å². The highest BCUT2D eigenvalue weighted by Gasteiger charge is 2.05. The summed E-state index contributed by atoms with van der Waals surface area (Å²) in [7, 11) is 0. The molecule has 2 rings (SSSR count). The summed E-state index contributed by atoms with van der Waals surface area (Å²) in [5.41, 5.74) is 1.86. The van der Waals surface area contributed by atoms with E-state index >= 15 is 0 Å². The zero-order chi connectivity index (χ0) is 12.1. The van der Waals surface area contributed by atoms with Gasteiger partial charge in [-0.15, -0.1) is 0 Å². The van der Waals surface area contributed by atoms with E-state index in [0.717, 1.165) is 15.7 Å². The van der Waals surface area contributed by atoms with E-state index in [4.69, 9.17) is 0 Å². The molecule has 0 spiro atoms. The van der Waals surface area contributed by atoms with Gasteiger partial charge in [-0.1, -0.05) is 34.1 Å². The molecule has 0 aliphatic heterocycles. The molecule has 0 bridgehead atoms. The van der Waals surface area contributed by atoms with Crippen molar-refractivity contribution >= 4 is 21.7 Å². The molecular formula is C14H12BrNO. The maximum Gasteiger partial charge on any atom is 0.143 e. The van der Waals surface area contributed by atoms with Crippen LogP contribution in [-0.4, -0.2) is 10.8 Å². The summed E-state index contributed by atoms with van der Waals surface area (Å²) in [5.74, 6) is 0.186. The van der Waals surface area contributed by atoms with Crippen LogP contribution in [0, 0.1) is 0 Å². The van der Waals surface area contributed by atoms with Crippen LogP contribution in [0.1, 0.15) is 11.3 Å². The lowest BCUT2D eigenvalue weighted by atomic mass is 10.1. The van der Waals surface area contributed by atoms with Crippen LogP contribution in [0.25, 0.3) is 0 Å². The molecule has 17 heavy (non-hydrogen) atoms. The van der Waals surface area contributed by atoms with Crippen molar-refractivity contribution in [1.29, 1.82) is 0 Å². The molecule has 1 heterocycles. The second-order valence-corrected chi connectivity index (χ2v) is 4.76. The molecule has 3 heteroatoms. The number of halogens is 1. The molecule has 0 aliphatic carbocycles. The van der Waals surface area contributed by atoms with Crippen molar-refractivity contribution in [3.63, 3.8) is 0 Å². The van der Waals surface area contributed by atoms with Gasteiger partial charge < -0.3 is 0 Å². The standard InChI is InChI=1S/C14H12BrNO/c15-12-6-4-11(5-7-12)9-14(17)10-13-3-1-2-8-16-13/h1-8H,9-10H2. The van der Waals surface area contributed by atoms with Crippen molar-refractivity contribution in [1.82, 2.24) is 4.98 Å². The number of hydrogen-bond acceptors (Lipinski definition) is 2. The summed E-state index contributed by atoms with van der Waals surface area (Å²) in [6, 6.07) is 13.4. The van der Waals surface area contributed by atoms with Gasteiger partial charge in [-0.05, 0) is 29.8 Å². The molecule has 0 fully saturated rings. The number of pyridine rings is 1. The largest absolute Gasteiger partial charge is 0.299 e. The van der Waals surface area contributed by atoms with E-state index in [1.54, 1.807) is 6.20 Å². The predicted molar refractivity (Wildman–Crippen MR) is 70.8 cm³/mol. The Bertz CT molecular complexity index is 493. The highest BCUT2D eigenvalue weighted by atomic mass is 79.9. The predicted octanol–water partition coefficient (Wildman–Crippen LogP) is 3.20. The lowest BCUT2D eigenvalue weighted by molar-refractivity contribution is -0.117. The van der Waals surface area contributed by atoms with Gasteiger partial charge in [0.25, 0.3) is 0 Å². The Balaban J connectivity index is 1.96. The van der Waals surface area contributed by atoms with Crippen molar-refractivity contribution in [3.8, 4) is 0 Å². The first kappa shape index (κ1) is 12.0. The minimum absolute atomic E-state index is 0.186. The topological polar surface area (TPSA) is 30.0 Å². The third-order valence-electron chi connectivity index (χ3n) is 2.42. The van der Waals surface area contributed by atoms with E-state index in [1.807, 2.05) is 42.5 Å². The Morgan fingerprint density at radius 2 is 1.82 bits per heavy atom. The van der Waals surface area contributed by atoms with E-state index in [0.29, 0.717) is 12.8 Å². The van der Waals surface area contributed by atoms with Crippen molar-refractivity contribution in [2.24, 2.45) is 0 Å². The molecular weight excluding hydrogens is 278 g/mol. The highest BCUT2D eigenvalue weighted by Crippen LogP contribution is 2.11. The van der Waals surface area contributed by atoms with E-state index in [-0.39, 0.29) is 5.78 Å². The van der Waals surface area contributed by atoms with Crippen molar-refractivity contribution < 1.29 is 4.79 Å². The zero-order valence-corrected chi connectivity index (χ0v) is 10.9. The maximum absolute atomic E-state index is 11.8. The molecule has 0 unspecified atom stereocenters. The van der Waals surface area contributed by atoms with Gasteiger partial charge in [-0.25, -0.2) is 0 Å². The number of nitrogens with zero attached hydrogens (tertiary/aromatic N) is 1. The Morgan fingerprint density at radius 1 is 1.06 bits per heavy atom. The average Bonchev–Trinajstić information content (AvgIpc) is 2.33. The molecule has 0 saturated heterocycles. The summed E-state index contributed by atoms with van der Waals surface area (Å²) in [6.07, 6.45) is 2.57. The van der Waals surface area contributed by atoms with Gasteiger partial charge in [-0.3, -0.25) is 9.78 Å². The fraction of sp³-hybridized carbons (Fsp3) is 0.143. The minimum atomic E-state index is 0.186. The van der Waals surface area contributed by atoms with Crippen molar-refractivity contribution in [2.45, 2.75) is 12.8 Å². The summed E-state index contributed by atoms with van der Waals surface area (Å²) >= 11 is 3.37. The zero-order valence-electron chi connectivity index (χ0n) is 9.27.